The summed E-state index contributed by atoms with van der Waals surface area (Å²) in [6, 6.07) is 5.46. The van der Waals surface area contributed by atoms with Crippen LogP contribution in [0.2, 0.25) is 5.15 Å². The number of nitrogens with zero attached hydrogens (tertiary/aromatic N) is 2. The number of hydrogen-bond acceptors (Lipinski definition) is 2. The molecule has 0 aliphatic carbocycles. The number of aromatic nitrogens is 1. The summed E-state index contributed by atoms with van der Waals surface area (Å²) in [6.07, 6.45) is 2.25. The lowest BCUT2D eigenvalue weighted by atomic mass is 9.95. The van der Waals surface area contributed by atoms with Crippen molar-refractivity contribution in [3.05, 3.63) is 29.0 Å². The molecule has 2 rings (SSSR count). The van der Waals surface area contributed by atoms with Gasteiger partial charge in [0, 0.05) is 12.6 Å². The fourth-order valence-electron chi connectivity index (χ4n) is 2.25. The standard InChI is InChI=1S/C13H17ClN2O/c1-9-6-7-10(2)16(8-9)13(17)11-4-3-5-12(14)15-11/h3-5,9-10H,6-8H2,1-2H3. The van der Waals surface area contributed by atoms with Gasteiger partial charge in [0.05, 0.1) is 0 Å². The molecule has 0 saturated carbocycles. The van der Waals surface area contributed by atoms with Gasteiger partial charge in [-0.15, -0.1) is 0 Å². The van der Waals surface area contributed by atoms with Crippen molar-refractivity contribution in [1.82, 2.24) is 9.88 Å². The molecular formula is C13H17ClN2O. The highest BCUT2D eigenvalue weighted by atomic mass is 35.5. The largest absolute Gasteiger partial charge is 0.334 e. The molecular weight excluding hydrogens is 236 g/mol. The molecule has 17 heavy (non-hydrogen) atoms. The Labute approximate surface area is 107 Å². The molecule has 2 heterocycles. The number of carbonyl (C=O) groups is 1. The van der Waals surface area contributed by atoms with Crippen molar-refractivity contribution in [2.75, 3.05) is 6.54 Å². The summed E-state index contributed by atoms with van der Waals surface area (Å²) in [4.78, 5) is 18.3. The predicted molar refractivity (Wildman–Crippen MR) is 68.1 cm³/mol. The molecule has 0 radical (unpaired) electrons. The molecule has 1 aromatic rings. The van der Waals surface area contributed by atoms with Crippen LogP contribution in [0.5, 0.6) is 0 Å². The van der Waals surface area contributed by atoms with E-state index in [1.165, 1.54) is 6.42 Å². The topological polar surface area (TPSA) is 33.2 Å². The average molecular weight is 253 g/mol. The second-order valence-electron chi connectivity index (χ2n) is 4.83. The molecule has 1 fully saturated rings. The molecule has 3 nitrogen and oxygen atoms in total. The van der Waals surface area contributed by atoms with Crippen molar-refractivity contribution < 1.29 is 4.79 Å². The third-order valence-electron chi connectivity index (χ3n) is 3.31. The number of carbonyl (C=O) groups excluding carboxylic acids is 1. The van der Waals surface area contributed by atoms with Crippen molar-refractivity contribution in [2.24, 2.45) is 5.92 Å². The van der Waals surface area contributed by atoms with Crippen molar-refractivity contribution >= 4 is 17.5 Å². The van der Waals surface area contributed by atoms with Crippen molar-refractivity contribution in [2.45, 2.75) is 32.7 Å². The van der Waals surface area contributed by atoms with Crippen LogP contribution in [0.15, 0.2) is 18.2 Å². The smallest absolute Gasteiger partial charge is 0.272 e. The van der Waals surface area contributed by atoms with Crippen LogP contribution in [-0.4, -0.2) is 28.4 Å². The maximum absolute atomic E-state index is 12.3. The lowest BCUT2D eigenvalue weighted by Gasteiger charge is -2.36. The minimum Gasteiger partial charge on any atom is -0.334 e. The van der Waals surface area contributed by atoms with Crippen LogP contribution in [0.3, 0.4) is 0 Å². The summed E-state index contributed by atoms with van der Waals surface area (Å²) in [7, 11) is 0. The van der Waals surface area contributed by atoms with Gasteiger partial charge in [0.2, 0.25) is 0 Å². The van der Waals surface area contributed by atoms with Crippen LogP contribution in [0.1, 0.15) is 37.2 Å². The monoisotopic (exact) mass is 252 g/mol. The van der Waals surface area contributed by atoms with E-state index in [1.807, 2.05) is 4.90 Å². The fraction of sp³-hybridized carbons (Fsp3) is 0.538. The van der Waals surface area contributed by atoms with E-state index < -0.39 is 0 Å². The lowest BCUT2D eigenvalue weighted by molar-refractivity contribution is 0.0568. The Kier molecular flexibility index (Phi) is 3.67. The van der Waals surface area contributed by atoms with Crippen LogP contribution in [0.4, 0.5) is 0 Å². The van der Waals surface area contributed by atoms with Gasteiger partial charge in [-0.05, 0) is 37.8 Å². The molecule has 1 aliphatic rings. The van der Waals surface area contributed by atoms with Crippen LogP contribution < -0.4 is 0 Å². The first-order valence-corrected chi connectivity index (χ1v) is 6.39. The van der Waals surface area contributed by atoms with Gasteiger partial charge >= 0.3 is 0 Å². The van der Waals surface area contributed by atoms with E-state index in [9.17, 15) is 4.79 Å². The van der Waals surface area contributed by atoms with Gasteiger partial charge in [0.25, 0.3) is 5.91 Å². The maximum atomic E-state index is 12.3. The minimum absolute atomic E-state index is 0.00782. The van der Waals surface area contributed by atoms with Gasteiger partial charge < -0.3 is 4.90 Å². The molecule has 2 atom stereocenters. The van der Waals surface area contributed by atoms with Gasteiger partial charge in [-0.1, -0.05) is 24.6 Å². The number of hydrogen-bond donors (Lipinski definition) is 0. The molecule has 1 aliphatic heterocycles. The molecule has 1 aromatic heterocycles. The highest BCUT2D eigenvalue weighted by Crippen LogP contribution is 2.23. The Morgan fingerprint density at radius 2 is 2.18 bits per heavy atom. The highest BCUT2D eigenvalue weighted by Gasteiger charge is 2.28. The minimum atomic E-state index is -0.00782. The Balaban J connectivity index is 2.18. The van der Waals surface area contributed by atoms with Crippen molar-refractivity contribution in [3.63, 3.8) is 0 Å². The summed E-state index contributed by atoms with van der Waals surface area (Å²) in [5, 5.41) is 0.369. The summed E-state index contributed by atoms with van der Waals surface area (Å²) >= 11 is 5.81. The average Bonchev–Trinajstić information content (AvgIpc) is 2.31. The van der Waals surface area contributed by atoms with E-state index in [1.54, 1.807) is 18.2 Å². The molecule has 0 aromatic carbocycles. The SMILES string of the molecule is CC1CCC(C)N(C(=O)c2cccc(Cl)n2)C1. The number of halogens is 1. The van der Waals surface area contributed by atoms with Crippen molar-refractivity contribution in [3.8, 4) is 0 Å². The lowest BCUT2D eigenvalue weighted by Crippen LogP contribution is -2.45. The second kappa shape index (κ2) is 5.05. The zero-order valence-electron chi connectivity index (χ0n) is 10.2. The quantitative estimate of drug-likeness (QED) is 0.720. The number of amides is 1. The van der Waals surface area contributed by atoms with Crippen molar-refractivity contribution in [1.29, 1.82) is 0 Å². The predicted octanol–water partition coefficient (Wildman–Crippen LogP) is 3.00. The third kappa shape index (κ3) is 2.78. The van der Waals surface area contributed by atoms with E-state index in [0.29, 0.717) is 22.8 Å². The van der Waals surface area contributed by atoms with Crippen LogP contribution in [-0.2, 0) is 0 Å². The Bertz CT molecular complexity index is 422. The molecule has 1 saturated heterocycles. The zero-order chi connectivity index (χ0) is 12.4. The fourth-order valence-corrected chi connectivity index (χ4v) is 2.41. The second-order valence-corrected chi connectivity index (χ2v) is 5.22. The van der Waals surface area contributed by atoms with E-state index in [2.05, 4.69) is 18.8 Å². The number of pyridine rings is 1. The Hall–Kier alpha value is -1.09. The first kappa shape index (κ1) is 12.4. The normalized spacial score (nSPS) is 24.8. The van der Waals surface area contributed by atoms with Gasteiger partial charge in [-0.25, -0.2) is 4.98 Å². The van der Waals surface area contributed by atoms with Gasteiger partial charge in [-0.3, -0.25) is 4.79 Å². The molecule has 4 heteroatoms. The zero-order valence-corrected chi connectivity index (χ0v) is 10.9. The van der Waals surface area contributed by atoms with Crippen LogP contribution >= 0.6 is 11.6 Å². The Morgan fingerprint density at radius 1 is 1.41 bits per heavy atom. The Morgan fingerprint density at radius 3 is 2.88 bits per heavy atom. The van der Waals surface area contributed by atoms with E-state index >= 15 is 0 Å². The molecule has 0 N–H and O–H groups in total. The third-order valence-corrected chi connectivity index (χ3v) is 3.52. The summed E-state index contributed by atoms with van der Waals surface area (Å²) in [6.45, 7) is 5.08. The first-order chi connectivity index (χ1) is 8.08. The number of rotatable bonds is 1. The summed E-state index contributed by atoms with van der Waals surface area (Å²) < 4.78 is 0. The van der Waals surface area contributed by atoms with E-state index in [-0.39, 0.29) is 5.91 Å². The molecule has 92 valence electrons. The van der Waals surface area contributed by atoms with Gasteiger partial charge in [-0.2, -0.15) is 0 Å². The molecule has 0 bridgehead atoms. The van der Waals surface area contributed by atoms with Crippen LogP contribution in [0.25, 0.3) is 0 Å². The van der Waals surface area contributed by atoms with Crippen LogP contribution in [0, 0.1) is 5.92 Å². The molecule has 2 unspecified atom stereocenters. The molecule has 1 amide bonds. The maximum Gasteiger partial charge on any atom is 0.272 e. The van der Waals surface area contributed by atoms with Gasteiger partial charge in [0.15, 0.2) is 0 Å². The highest BCUT2D eigenvalue weighted by molar-refractivity contribution is 6.29. The number of likely N-dealkylation sites (tertiary alicyclic amines) is 1. The van der Waals surface area contributed by atoms with Gasteiger partial charge in [0.1, 0.15) is 10.8 Å². The van der Waals surface area contributed by atoms with E-state index in [0.717, 1.165) is 13.0 Å². The summed E-state index contributed by atoms with van der Waals surface area (Å²) in [5.41, 5.74) is 0.443. The number of piperidine rings is 1. The molecule has 0 spiro atoms. The van der Waals surface area contributed by atoms with E-state index in [4.69, 9.17) is 11.6 Å². The first-order valence-electron chi connectivity index (χ1n) is 6.01. The summed E-state index contributed by atoms with van der Waals surface area (Å²) in [5.74, 6) is 0.556.